The highest BCUT2D eigenvalue weighted by atomic mass is 16.6. The third-order valence-corrected chi connectivity index (χ3v) is 0.231. The molecule has 0 radical (unpaired) electrons. The Morgan fingerprint density at radius 2 is 0.842 bits per heavy atom. The molecule has 19 heavy (non-hydrogen) atoms. The Hall–Kier alpha value is -2.14. The molecule has 0 bridgehead atoms. The van der Waals surface area contributed by atoms with Crippen molar-refractivity contribution in [2.45, 2.75) is 6.29 Å². The first kappa shape index (κ1) is 36.0. The molecule has 0 heterocycles. The van der Waals surface area contributed by atoms with E-state index in [4.69, 9.17) is 59.4 Å². The smallest absolute Gasteiger partial charge is 0.373 e. The molecule has 0 unspecified atom stereocenters. The van der Waals surface area contributed by atoms with Crippen LogP contribution < -0.4 is 0 Å². The Morgan fingerprint density at radius 3 is 0.842 bits per heavy atom. The Morgan fingerprint density at radius 1 is 0.789 bits per heavy atom. The zero-order valence-corrected chi connectivity index (χ0v) is 8.73. The lowest BCUT2D eigenvalue weighted by Gasteiger charge is -2.16. The number of rotatable bonds is 1. The maximum atomic E-state index is 8.12. The molecule has 0 aromatic rings. The normalized spacial score (nSPS) is 5.68. The van der Waals surface area contributed by atoms with Gasteiger partial charge in [0.2, 0.25) is 0 Å². The predicted octanol–water partition coefficient (Wildman–Crippen LogP) is -3.55. The summed E-state index contributed by atoms with van der Waals surface area (Å²) in [7, 11) is 0. The van der Waals surface area contributed by atoms with Crippen LogP contribution in [0.15, 0.2) is 0 Å². The minimum absolute atomic E-state index is 0. The minimum Gasteiger partial charge on any atom is -0.870 e. The van der Waals surface area contributed by atoms with Gasteiger partial charge in [0.25, 0.3) is 0 Å². The lowest BCUT2D eigenvalue weighted by Crippen LogP contribution is -2.15. The van der Waals surface area contributed by atoms with Gasteiger partial charge in [0, 0.05) is 0 Å². The van der Waals surface area contributed by atoms with Crippen LogP contribution in [0.3, 0.4) is 0 Å². The third-order valence-electron chi connectivity index (χ3n) is 0.231. The average Bonchev–Trinajstić information content (AvgIpc) is 2.22. The molecule has 13 nitrogen and oxygen atoms in total. The quantitative estimate of drug-likeness (QED) is 0.202. The lowest BCUT2D eigenvalue weighted by molar-refractivity contribution is -0.193. The Bertz CT molecular complexity index is 181. The van der Waals surface area contributed by atoms with Crippen molar-refractivity contribution in [1.29, 1.82) is 0 Å². The summed E-state index contributed by atoms with van der Waals surface area (Å²) in [5, 5.41) is 44.5. The first-order valence-corrected chi connectivity index (χ1v) is 2.99. The van der Waals surface area contributed by atoms with Crippen LogP contribution in [0, 0.1) is 13.1 Å². The number of hydrogen-bond acceptors (Lipinski definition) is 13. The molecule has 0 rings (SSSR count). The van der Waals surface area contributed by atoms with Crippen LogP contribution in [0.5, 0.6) is 0 Å². The Kier molecular flexibility index (Phi) is 107. The fraction of sp³-hybridized carbons (Fsp3) is 0.167. The molecular weight excluding hydrogens is 280 g/mol. The van der Waals surface area contributed by atoms with Crippen molar-refractivity contribution in [1.82, 2.24) is 0 Å². The molecule has 7 N–H and O–H groups in total. The molecule has 0 atom stereocenters. The van der Waals surface area contributed by atoms with Crippen molar-refractivity contribution in [3.8, 4) is 0 Å². The molecule has 0 aliphatic carbocycles. The molecule has 0 aromatic heterocycles. The molecule has 0 fully saturated rings. The van der Waals surface area contributed by atoms with E-state index in [1.165, 1.54) is 0 Å². The molecule has 0 aliphatic heterocycles. The first-order valence-electron chi connectivity index (χ1n) is 2.99. The van der Waals surface area contributed by atoms with Gasteiger partial charge in [0.15, 0.2) is 0 Å². The van der Waals surface area contributed by atoms with E-state index in [2.05, 4.69) is 0 Å². The second-order valence-electron chi connectivity index (χ2n) is 1.10. The summed E-state index contributed by atoms with van der Waals surface area (Å²) >= 11 is 0. The monoisotopic (exact) mass is 289 g/mol. The summed E-state index contributed by atoms with van der Waals surface area (Å²) in [6.45, 7) is 0. The topological polar surface area (TPSA) is 254 Å². The van der Waals surface area contributed by atoms with Gasteiger partial charge < -0.3 is 36.1 Å². The van der Waals surface area contributed by atoms with Crippen molar-refractivity contribution in [3.63, 3.8) is 0 Å². The van der Waals surface area contributed by atoms with E-state index in [1.807, 2.05) is 0 Å². The van der Waals surface area contributed by atoms with Crippen molar-refractivity contribution in [2.75, 3.05) is 0 Å². The Labute approximate surface area is 104 Å². The molecule has 0 spiro atoms. The number of hydrogen-bond donors (Lipinski definition) is 6. The summed E-state index contributed by atoms with van der Waals surface area (Å²) in [6, 6.07) is 0. The van der Waals surface area contributed by atoms with Gasteiger partial charge in [0.05, 0.1) is 6.29 Å². The second-order valence-corrected chi connectivity index (χ2v) is 1.10. The highest BCUT2D eigenvalue weighted by molar-refractivity contribution is 5.20. The van der Waals surface area contributed by atoms with Gasteiger partial charge >= 0.3 is 18.5 Å². The number of carbonyl (C=O) groups excluding carboxylic acids is 6. The van der Waals surface area contributed by atoms with Crippen LogP contribution in [-0.2, 0) is 28.8 Å². The summed E-state index contributed by atoms with van der Waals surface area (Å²) < 4.78 is 0. The molecule has 114 valence electrons. The van der Waals surface area contributed by atoms with Gasteiger partial charge in [-0.25, -0.2) is 0 Å². The summed E-state index contributed by atoms with van der Waals surface area (Å²) in [5.41, 5.74) is 0. The molecule has 13 heteroatoms. The van der Waals surface area contributed by atoms with Gasteiger partial charge in [-0.1, -0.05) is 0 Å². The van der Waals surface area contributed by atoms with E-state index in [1.54, 1.807) is 0 Å². The molecule has 0 saturated heterocycles. The maximum Gasteiger partial charge on any atom is 0.373 e. The van der Waals surface area contributed by atoms with Gasteiger partial charge in [-0.2, -0.15) is 28.8 Å². The predicted molar refractivity (Wildman–Crippen MR) is 40.5 cm³/mol. The van der Waals surface area contributed by atoms with Gasteiger partial charge in [0.1, 0.15) is 0 Å². The van der Waals surface area contributed by atoms with Crippen LogP contribution in [0.1, 0.15) is 0 Å². The first-order chi connectivity index (χ1) is 8.30. The molecule has 0 amide bonds. The van der Waals surface area contributed by atoms with Crippen molar-refractivity contribution >= 4 is 18.5 Å². The van der Waals surface area contributed by atoms with Crippen LogP contribution >= 0.6 is 0 Å². The second kappa shape index (κ2) is 56.7. The highest BCUT2D eigenvalue weighted by Crippen LogP contribution is 1.88. The van der Waals surface area contributed by atoms with E-state index in [-0.39, 0.29) is 30.7 Å². The van der Waals surface area contributed by atoms with E-state index < -0.39 is 12.6 Å². The molecule has 0 aromatic carbocycles. The third kappa shape index (κ3) is 881. The molecule has 0 aliphatic rings. The van der Waals surface area contributed by atoms with Crippen molar-refractivity contribution in [3.05, 3.63) is 13.1 Å². The summed E-state index contributed by atoms with van der Waals surface area (Å²) in [4.78, 5) is 48.8. The largest absolute Gasteiger partial charge is 0.870 e. The fourth-order valence-corrected chi connectivity index (χ4v) is 0. The molecular formula is C6H9O13-3. The van der Waals surface area contributed by atoms with E-state index in [0.717, 1.165) is 0 Å². The SMILES string of the molecule is O=C=O.O=C=O.O=C=O.O[C-](O)C(O)O.O[CH-]O.[OH-]. The van der Waals surface area contributed by atoms with Crippen LogP contribution in [0.25, 0.3) is 0 Å². The molecule has 0 saturated carbocycles. The van der Waals surface area contributed by atoms with Gasteiger partial charge in [-0.05, 0) is 6.29 Å². The van der Waals surface area contributed by atoms with Crippen LogP contribution in [0.2, 0.25) is 0 Å². The highest BCUT2D eigenvalue weighted by Gasteiger charge is 1.88. The van der Waals surface area contributed by atoms with E-state index >= 15 is 0 Å². The summed E-state index contributed by atoms with van der Waals surface area (Å²) in [6.07, 6.45) is -2.75. The van der Waals surface area contributed by atoms with Gasteiger partial charge in [-0.3, -0.25) is 0 Å². The maximum absolute atomic E-state index is 8.12. The van der Waals surface area contributed by atoms with Crippen LogP contribution in [0.4, 0.5) is 0 Å². The average molecular weight is 289 g/mol. The lowest BCUT2D eigenvalue weighted by atomic mass is 10.6. The number of aliphatic hydroxyl groups is 6. The zero-order chi connectivity index (χ0) is 16.0. The standard InChI is InChI=1S/C2H5O4.CH3O2.3CO2.H2O/c3-1(4)2(5)6;4*2-1-3;/h1,3-6H;1-3H;;;;1H2/q2*-1;;;;/p-1. The van der Waals surface area contributed by atoms with E-state index in [9.17, 15) is 0 Å². The van der Waals surface area contributed by atoms with Crippen molar-refractivity contribution in [2.24, 2.45) is 0 Å². The Balaban J connectivity index is -0.0000000287. The van der Waals surface area contributed by atoms with Gasteiger partial charge in [-0.15, -0.1) is 6.79 Å². The number of aliphatic hydroxyl groups excluding tert-OH is 3. The fourth-order valence-electron chi connectivity index (χ4n) is 0. The minimum atomic E-state index is -2.12. The summed E-state index contributed by atoms with van der Waals surface area (Å²) in [5.74, 6) is 0. The van der Waals surface area contributed by atoms with Crippen molar-refractivity contribution < 1.29 is 64.9 Å². The zero-order valence-electron chi connectivity index (χ0n) is 8.73. The van der Waals surface area contributed by atoms with Crippen LogP contribution in [-0.4, -0.2) is 60.9 Å². The van der Waals surface area contributed by atoms with E-state index in [0.29, 0.717) is 0 Å².